The molecule has 6 nitrogen and oxygen atoms in total. The third-order valence-electron chi connectivity index (χ3n) is 3.88. The topological polar surface area (TPSA) is 63.2 Å². The minimum Gasteiger partial charge on any atom is -0.489 e. The van der Waals surface area contributed by atoms with Gasteiger partial charge in [0.2, 0.25) is 0 Å². The lowest BCUT2D eigenvalue weighted by atomic mass is 10.2. The molecule has 1 aliphatic heterocycles. The lowest BCUT2D eigenvalue weighted by Crippen LogP contribution is -2.23. The Balaban J connectivity index is 1.43. The van der Waals surface area contributed by atoms with E-state index in [0.717, 1.165) is 41.1 Å². The number of carbonyl (C=O) groups excluding carboxylic acids is 1. The molecule has 1 atom stereocenters. The maximum absolute atomic E-state index is 10.8. The summed E-state index contributed by atoms with van der Waals surface area (Å²) in [6.45, 7) is 4.04. The van der Waals surface area contributed by atoms with Crippen molar-refractivity contribution in [2.45, 2.75) is 32.0 Å². The maximum atomic E-state index is 10.8. The van der Waals surface area contributed by atoms with Crippen LogP contribution in [0, 0.1) is 0 Å². The van der Waals surface area contributed by atoms with E-state index in [1.165, 1.54) is 6.42 Å². The summed E-state index contributed by atoms with van der Waals surface area (Å²) < 4.78 is 29.3. The maximum Gasteiger partial charge on any atom is 0.157 e. The van der Waals surface area contributed by atoms with Crippen molar-refractivity contribution in [2.24, 2.45) is 0 Å². The van der Waals surface area contributed by atoms with Gasteiger partial charge in [0, 0.05) is 18.8 Å². The number of aldehydes is 1. The van der Waals surface area contributed by atoms with Gasteiger partial charge in [-0.1, -0.05) is 0 Å². The minimum atomic E-state index is -0.0307. The summed E-state index contributed by atoms with van der Waals surface area (Å²) in [5.41, 5.74) is 0.575. The fraction of sp³-hybridized carbons (Fsp3) is 0.632. The zero-order valence-corrected chi connectivity index (χ0v) is 18.5. The highest BCUT2D eigenvalue weighted by Gasteiger charge is 2.13. The van der Waals surface area contributed by atoms with Crippen LogP contribution in [-0.2, 0) is 18.9 Å². The first-order chi connectivity index (χ1) is 13.2. The molecule has 0 amide bonds. The number of ether oxygens (including phenoxy) is 5. The summed E-state index contributed by atoms with van der Waals surface area (Å²) in [6.07, 6.45) is 4.91. The van der Waals surface area contributed by atoms with E-state index in [1.54, 1.807) is 12.1 Å². The van der Waals surface area contributed by atoms with E-state index in [0.29, 0.717) is 51.0 Å². The van der Waals surface area contributed by atoms with Crippen molar-refractivity contribution in [3.63, 3.8) is 0 Å². The van der Waals surface area contributed by atoms with E-state index in [2.05, 4.69) is 31.9 Å². The van der Waals surface area contributed by atoms with Gasteiger partial charge in [-0.25, -0.2) is 0 Å². The molecule has 27 heavy (non-hydrogen) atoms. The monoisotopic (exact) mass is 508 g/mol. The molecule has 0 saturated carbocycles. The third-order valence-corrected chi connectivity index (χ3v) is 5.06. The van der Waals surface area contributed by atoms with Crippen LogP contribution in [0.25, 0.3) is 0 Å². The molecule has 1 aliphatic rings. The molecule has 0 radical (unpaired) electrons. The second-order valence-electron chi connectivity index (χ2n) is 6.03. The third kappa shape index (κ3) is 9.02. The minimum absolute atomic E-state index is 0.0307. The van der Waals surface area contributed by atoms with E-state index in [1.807, 2.05) is 0 Å². The Morgan fingerprint density at radius 3 is 2.37 bits per heavy atom. The largest absolute Gasteiger partial charge is 0.489 e. The predicted molar refractivity (Wildman–Crippen MR) is 109 cm³/mol. The quantitative estimate of drug-likeness (QED) is 0.290. The van der Waals surface area contributed by atoms with Gasteiger partial charge in [-0.05, 0) is 69.7 Å². The van der Waals surface area contributed by atoms with E-state index in [-0.39, 0.29) is 6.29 Å². The Kier molecular flexibility index (Phi) is 11.5. The Morgan fingerprint density at radius 1 is 1.00 bits per heavy atom. The van der Waals surface area contributed by atoms with Crippen molar-refractivity contribution in [3.05, 3.63) is 26.6 Å². The van der Waals surface area contributed by atoms with Gasteiger partial charge in [0.05, 0.1) is 35.4 Å². The molecule has 1 unspecified atom stereocenters. The van der Waals surface area contributed by atoms with Crippen LogP contribution in [0.15, 0.2) is 21.1 Å². The molecule has 0 spiro atoms. The fourth-order valence-corrected chi connectivity index (χ4v) is 3.98. The van der Waals surface area contributed by atoms with Gasteiger partial charge in [0.15, 0.2) is 6.29 Å². The van der Waals surface area contributed by atoms with Crippen LogP contribution in [-0.4, -0.2) is 58.8 Å². The molecule has 1 saturated heterocycles. The van der Waals surface area contributed by atoms with Crippen molar-refractivity contribution in [3.8, 4) is 5.75 Å². The van der Waals surface area contributed by atoms with Crippen molar-refractivity contribution in [1.29, 1.82) is 0 Å². The smallest absolute Gasteiger partial charge is 0.157 e. The van der Waals surface area contributed by atoms with Crippen LogP contribution in [0.1, 0.15) is 36.0 Å². The van der Waals surface area contributed by atoms with Crippen LogP contribution in [0.5, 0.6) is 5.75 Å². The summed E-state index contributed by atoms with van der Waals surface area (Å²) in [5, 5.41) is 0. The highest BCUT2D eigenvalue weighted by atomic mass is 79.9. The van der Waals surface area contributed by atoms with Gasteiger partial charge in [-0.3, -0.25) is 4.79 Å². The summed E-state index contributed by atoms with van der Waals surface area (Å²) >= 11 is 6.79. The highest BCUT2D eigenvalue weighted by molar-refractivity contribution is 9.11. The first kappa shape index (κ1) is 22.8. The predicted octanol–water partition coefficient (Wildman–Crippen LogP) is 4.37. The Labute approximate surface area is 177 Å². The molecule has 1 aromatic carbocycles. The Morgan fingerprint density at radius 2 is 1.70 bits per heavy atom. The van der Waals surface area contributed by atoms with Gasteiger partial charge in [-0.2, -0.15) is 0 Å². The van der Waals surface area contributed by atoms with Gasteiger partial charge >= 0.3 is 0 Å². The number of hydrogen-bond donors (Lipinski definition) is 0. The molecule has 1 fully saturated rings. The number of rotatable bonds is 13. The molecule has 152 valence electrons. The van der Waals surface area contributed by atoms with Crippen LogP contribution >= 0.6 is 31.9 Å². The molecular formula is C19H26Br2O6. The Hall–Kier alpha value is -0.510. The van der Waals surface area contributed by atoms with E-state index < -0.39 is 0 Å². The second kappa shape index (κ2) is 13.6. The van der Waals surface area contributed by atoms with E-state index in [4.69, 9.17) is 23.7 Å². The van der Waals surface area contributed by atoms with Gasteiger partial charge in [-0.15, -0.1) is 0 Å². The zero-order valence-electron chi connectivity index (χ0n) is 15.3. The van der Waals surface area contributed by atoms with Crippen molar-refractivity contribution < 1.29 is 28.5 Å². The van der Waals surface area contributed by atoms with Gasteiger partial charge in [0.25, 0.3) is 0 Å². The van der Waals surface area contributed by atoms with Crippen LogP contribution in [0.3, 0.4) is 0 Å². The average molecular weight is 510 g/mol. The van der Waals surface area contributed by atoms with Crippen molar-refractivity contribution in [1.82, 2.24) is 0 Å². The normalized spacial score (nSPS) is 17.0. The molecule has 8 heteroatoms. The number of carbonyl (C=O) groups is 1. The summed E-state index contributed by atoms with van der Waals surface area (Å²) in [6, 6.07) is 3.43. The van der Waals surface area contributed by atoms with Crippen molar-refractivity contribution in [2.75, 3.05) is 46.2 Å². The number of halogens is 2. The van der Waals surface area contributed by atoms with Crippen LogP contribution in [0.4, 0.5) is 0 Å². The fourth-order valence-electron chi connectivity index (χ4n) is 2.53. The lowest BCUT2D eigenvalue weighted by Gasteiger charge is -2.22. The number of hydrogen-bond acceptors (Lipinski definition) is 6. The highest BCUT2D eigenvalue weighted by Crippen LogP contribution is 2.34. The molecule has 1 aromatic rings. The van der Waals surface area contributed by atoms with Crippen LogP contribution in [0.2, 0.25) is 0 Å². The SMILES string of the molecule is O=Cc1cc(Br)c(OCCOCCOCCCOC2CCCCO2)c(Br)c1. The van der Waals surface area contributed by atoms with Crippen molar-refractivity contribution >= 4 is 38.1 Å². The standard InChI is InChI=1S/C19H26Br2O6/c20-16-12-15(14-22)13-17(21)19(16)27-11-10-24-9-8-23-5-3-7-26-18-4-1-2-6-25-18/h12-14,18H,1-11H2. The van der Waals surface area contributed by atoms with Crippen LogP contribution < -0.4 is 4.74 Å². The lowest BCUT2D eigenvalue weighted by molar-refractivity contribution is -0.164. The summed E-state index contributed by atoms with van der Waals surface area (Å²) in [5.74, 6) is 0.655. The molecule has 0 bridgehead atoms. The summed E-state index contributed by atoms with van der Waals surface area (Å²) in [7, 11) is 0. The van der Waals surface area contributed by atoms with Gasteiger partial charge in [0.1, 0.15) is 18.6 Å². The zero-order chi connectivity index (χ0) is 19.3. The van der Waals surface area contributed by atoms with E-state index in [9.17, 15) is 4.79 Å². The molecule has 0 aliphatic carbocycles. The molecular weight excluding hydrogens is 484 g/mol. The van der Waals surface area contributed by atoms with Gasteiger partial charge < -0.3 is 23.7 Å². The average Bonchev–Trinajstić information content (AvgIpc) is 2.68. The Bertz CT molecular complexity index is 540. The summed E-state index contributed by atoms with van der Waals surface area (Å²) in [4.78, 5) is 10.8. The molecule has 0 aromatic heterocycles. The first-order valence-electron chi connectivity index (χ1n) is 9.16. The molecule has 0 N–H and O–H groups in total. The first-order valence-corrected chi connectivity index (χ1v) is 10.7. The molecule has 1 heterocycles. The number of benzene rings is 1. The second-order valence-corrected chi connectivity index (χ2v) is 7.73. The van der Waals surface area contributed by atoms with E-state index >= 15 is 0 Å². The molecule has 2 rings (SSSR count).